The molecule has 0 aliphatic carbocycles. The van der Waals surface area contributed by atoms with Crippen LogP contribution in [0.2, 0.25) is 0 Å². The van der Waals surface area contributed by atoms with Gasteiger partial charge in [-0.2, -0.15) is 5.26 Å². The molecule has 0 unspecified atom stereocenters. The first-order valence-electron chi connectivity index (χ1n) is 6.39. The van der Waals surface area contributed by atoms with Crippen molar-refractivity contribution in [2.24, 2.45) is 0 Å². The van der Waals surface area contributed by atoms with E-state index in [1.165, 1.54) is 0 Å². The van der Waals surface area contributed by atoms with Crippen LogP contribution < -0.4 is 10.5 Å². The summed E-state index contributed by atoms with van der Waals surface area (Å²) >= 11 is 0. The number of nitrogens with zero attached hydrogens (tertiary/aromatic N) is 3. The third-order valence-corrected chi connectivity index (χ3v) is 3.09. The number of aromatic nitrogens is 2. The summed E-state index contributed by atoms with van der Waals surface area (Å²) < 4.78 is 5.83. The predicted octanol–water partition coefficient (Wildman–Crippen LogP) is 2.66. The van der Waals surface area contributed by atoms with E-state index in [0.29, 0.717) is 23.7 Å². The van der Waals surface area contributed by atoms with Crippen LogP contribution in [0.15, 0.2) is 48.8 Å². The van der Waals surface area contributed by atoms with Gasteiger partial charge in [0.15, 0.2) is 0 Å². The predicted molar refractivity (Wildman–Crippen MR) is 79.4 cm³/mol. The summed E-state index contributed by atoms with van der Waals surface area (Å²) in [6.45, 7) is 0.352. The Morgan fingerprint density at radius 1 is 1.14 bits per heavy atom. The van der Waals surface area contributed by atoms with Gasteiger partial charge in [-0.15, -0.1) is 0 Å². The van der Waals surface area contributed by atoms with Gasteiger partial charge >= 0.3 is 0 Å². The normalized spacial score (nSPS) is 10.2. The molecule has 2 aromatic heterocycles. The largest absolute Gasteiger partial charge is 0.488 e. The highest BCUT2D eigenvalue weighted by Gasteiger charge is 2.06. The number of nitrogen functional groups attached to an aromatic ring is 1. The fourth-order valence-electron chi connectivity index (χ4n) is 2.08. The van der Waals surface area contributed by atoms with E-state index in [1.54, 1.807) is 24.5 Å². The van der Waals surface area contributed by atoms with E-state index in [2.05, 4.69) is 9.97 Å². The van der Waals surface area contributed by atoms with E-state index in [9.17, 15) is 0 Å². The molecule has 0 atom stereocenters. The van der Waals surface area contributed by atoms with Crippen LogP contribution in [0.4, 0.5) is 5.69 Å². The average Bonchev–Trinajstić information content (AvgIpc) is 2.55. The Hall–Kier alpha value is -3.13. The molecule has 0 aliphatic heterocycles. The minimum atomic E-state index is 0.352. The van der Waals surface area contributed by atoms with Crippen LogP contribution in [-0.2, 0) is 6.61 Å². The van der Waals surface area contributed by atoms with E-state index in [-0.39, 0.29) is 0 Å². The van der Waals surface area contributed by atoms with E-state index in [0.717, 1.165) is 16.5 Å². The van der Waals surface area contributed by atoms with Gasteiger partial charge < -0.3 is 10.5 Å². The van der Waals surface area contributed by atoms with Crippen molar-refractivity contribution in [2.75, 3.05) is 5.73 Å². The summed E-state index contributed by atoms with van der Waals surface area (Å²) in [5, 5.41) is 9.71. The molecule has 5 nitrogen and oxygen atoms in total. The highest BCUT2D eigenvalue weighted by Crippen LogP contribution is 2.28. The second-order valence-corrected chi connectivity index (χ2v) is 4.50. The van der Waals surface area contributed by atoms with Gasteiger partial charge in [-0.1, -0.05) is 0 Å². The first-order valence-corrected chi connectivity index (χ1v) is 6.39. The quantitative estimate of drug-likeness (QED) is 0.743. The zero-order chi connectivity index (χ0) is 14.7. The SMILES string of the molecule is N#Cc1cc(COc2ccc(N)c3ncccc23)ccn1. The second kappa shape index (κ2) is 5.47. The number of nitrogens with two attached hydrogens (primary N) is 1. The van der Waals surface area contributed by atoms with Crippen LogP contribution in [0, 0.1) is 11.3 Å². The number of fused-ring (bicyclic) bond motifs is 1. The van der Waals surface area contributed by atoms with Gasteiger partial charge in [0.2, 0.25) is 0 Å². The maximum Gasteiger partial charge on any atom is 0.140 e. The molecular formula is C16H12N4O. The third kappa shape index (κ3) is 2.60. The van der Waals surface area contributed by atoms with Gasteiger partial charge in [-0.25, -0.2) is 4.98 Å². The minimum absolute atomic E-state index is 0.352. The molecular weight excluding hydrogens is 264 g/mol. The summed E-state index contributed by atoms with van der Waals surface area (Å²) in [5.41, 5.74) is 8.51. The lowest BCUT2D eigenvalue weighted by Crippen LogP contribution is -1.99. The lowest BCUT2D eigenvalue weighted by molar-refractivity contribution is 0.310. The number of hydrogen-bond donors (Lipinski definition) is 1. The summed E-state index contributed by atoms with van der Waals surface area (Å²) in [5.74, 6) is 0.711. The molecule has 0 bridgehead atoms. The molecule has 2 N–H and O–H groups in total. The van der Waals surface area contributed by atoms with E-state index in [4.69, 9.17) is 15.7 Å². The van der Waals surface area contributed by atoms with Gasteiger partial charge in [-0.05, 0) is 42.0 Å². The summed E-state index contributed by atoms with van der Waals surface area (Å²) in [6, 6.07) is 12.9. The summed E-state index contributed by atoms with van der Waals surface area (Å²) in [6.07, 6.45) is 3.30. The van der Waals surface area contributed by atoms with E-state index in [1.807, 2.05) is 30.3 Å². The number of benzene rings is 1. The van der Waals surface area contributed by atoms with Crippen molar-refractivity contribution in [3.8, 4) is 11.8 Å². The van der Waals surface area contributed by atoms with E-state index < -0.39 is 0 Å². The monoisotopic (exact) mass is 276 g/mol. The molecule has 0 saturated carbocycles. The fourth-order valence-corrected chi connectivity index (χ4v) is 2.08. The molecule has 0 aliphatic rings. The van der Waals surface area contributed by atoms with Crippen molar-refractivity contribution < 1.29 is 4.74 Å². The van der Waals surface area contributed by atoms with Gasteiger partial charge in [0.05, 0.1) is 11.2 Å². The van der Waals surface area contributed by atoms with Crippen molar-refractivity contribution in [1.29, 1.82) is 5.26 Å². The zero-order valence-corrected chi connectivity index (χ0v) is 11.2. The molecule has 3 aromatic rings. The number of ether oxygens (including phenoxy) is 1. The van der Waals surface area contributed by atoms with Crippen LogP contribution in [0.3, 0.4) is 0 Å². The standard InChI is InChI=1S/C16H12N4O/c17-9-12-8-11(5-7-19-12)10-21-15-4-3-14(18)16-13(15)2-1-6-20-16/h1-8H,10,18H2. The van der Waals surface area contributed by atoms with Gasteiger partial charge in [0.25, 0.3) is 0 Å². The number of rotatable bonds is 3. The molecule has 2 heterocycles. The maximum absolute atomic E-state index is 8.84. The number of nitriles is 1. The number of hydrogen-bond acceptors (Lipinski definition) is 5. The highest BCUT2D eigenvalue weighted by atomic mass is 16.5. The molecule has 0 radical (unpaired) electrons. The number of pyridine rings is 2. The summed E-state index contributed by atoms with van der Waals surface area (Å²) in [4.78, 5) is 8.20. The summed E-state index contributed by atoms with van der Waals surface area (Å²) in [7, 11) is 0. The Bertz CT molecular complexity index is 839. The van der Waals surface area contributed by atoms with Crippen LogP contribution in [-0.4, -0.2) is 9.97 Å². The topological polar surface area (TPSA) is 84.8 Å². The smallest absolute Gasteiger partial charge is 0.140 e. The van der Waals surface area contributed by atoms with Crippen LogP contribution in [0.5, 0.6) is 5.75 Å². The van der Waals surface area contributed by atoms with Crippen molar-refractivity contribution in [3.63, 3.8) is 0 Å². The molecule has 0 amide bonds. The molecule has 21 heavy (non-hydrogen) atoms. The highest BCUT2D eigenvalue weighted by molar-refractivity contribution is 5.93. The molecule has 0 spiro atoms. The Kier molecular flexibility index (Phi) is 3.36. The molecule has 5 heteroatoms. The zero-order valence-electron chi connectivity index (χ0n) is 11.2. The minimum Gasteiger partial charge on any atom is -0.488 e. The van der Waals surface area contributed by atoms with Crippen molar-refractivity contribution in [1.82, 2.24) is 9.97 Å². The van der Waals surface area contributed by atoms with Crippen LogP contribution >= 0.6 is 0 Å². The van der Waals surface area contributed by atoms with Crippen LogP contribution in [0.25, 0.3) is 10.9 Å². The third-order valence-electron chi connectivity index (χ3n) is 3.09. The molecule has 1 aromatic carbocycles. The van der Waals surface area contributed by atoms with E-state index >= 15 is 0 Å². The van der Waals surface area contributed by atoms with Gasteiger partial charge in [-0.3, -0.25) is 4.98 Å². The molecule has 0 saturated heterocycles. The van der Waals surface area contributed by atoms with Crippen LogP contribution in [0.1, 0.15) is 11.3 Å². The van der Waals surface area contributed by atoms with Crippen molar-refractivity contribution >= 4 is 16.6 Å². The Morgan fingerprint density at radius 2 is 2.05 bits per heavy atom. The van der Waals surface area contributed by atoms with Gasteiger partial charge in [0.1, 0.15) is 24.1 Å². The molecule has 0 fully saturated rings. The fraction of sp³-hybridized carbons (Fsp3) is 0.0625. The van der Waals surface area contributed by atoms with Gasteiger partial charge in [0, 0.05) is 17.8 Å². The number of anilines is 1. The molecule has 102 valence electrons. The first-order chi connectivity index (χ1) is 10.3. The molecule has 3 rings (SSSR count). The maximum atomic E-state index is 8.84. The second-order valence-electron chi connectivity index (χ2n) is 4.50. The Labute approximate surface area is 121 Å². The average molecular weight is 276 g/mol. The Balaban J connectivity index is 1.89. The first kappa shape index (κ1) is 12.9. The lowest BCUT2D eigenvalue weighted by atomic mass is 10.1. The van der Waals surface area contributed by atoms with Crippen molar-refractivity contribution in [3.05, 3.63) is 60.0 Å². The lowest BCUT2D eigenvalue weighted by Gasteiger charge is -2.10. The Morgan fingerprint density at radius 3 is 2.90 bits per heavy atom. The van der Waals surface area contributed by atoms with Crippen molar-refractivity contribution in [2.45, 2.75) is 6.61 Å².